The third-order valence-corrected chi connectivity index (χ3v) is 5.14. The zero-order valence-corrected chi connectivity index (χ0v) is 16.3. The van der Waals surface area contributed by atoms with Crippen molar-refractivity contribution in [2.75, 3.05) is 19.0 Å². The standard InChI is InChI=1S/C26H19N3/c1-29(2)23-11-8-18(9-12-23)7-10-21-15-25(22(16-27)17-28)26-14-20-6-4-3-5-19(20)13-24(21)26/h3-15H,1-2H3/b10-7+. The highest BCUT2D eigenvalue weighted by atomic mass is 15.1. The summed E-state index contributed by atoms with van der Waals surface area (Å²) in [5, 5.41) is 21.0. The Morgan fingerprint density at radius 2 is 1.45 bits per heavy atom. The molecule has 0 radical (unpaired) electrons. The molecule has 0 amide bonds. The quantitative estimate of drug-likeness (QED) is 0.544. The molecule has 29 heavy (non-hydrogen) atoms. The molecule has 0 aliphatic heterocycles. The number of nitriles is 2. The van der Waals surface area contributed by atoms with Crippen molar-refractivity contribution in [2.24, 2.45) is 0 Å². The van der Waals surface area contributed by atoms with Crippen molar-refractivity contribution < 1.29 is 0 Å². The number of hydrogen-bond donors (Lipinski definition) is 0. The van der Waals surface area contributed by atoms with Crippen molar-refractivity contribution in [3.8, 4) is 12.1 Å². The first-order valence-corrected chi connectivity index (χ1v) is 9.36. The molecule has 0 heterocycles. The third kappa shape index (κ3) is 3.43. The predicted octanol–water partition coefficient (Wildman–Crippen LogP) is 5.82. The van der Waals surface area contributed by atoms with Crippen LogP contribution in [-0.2, 0) is 0 Å². The molecule has 0 aromatic heterocycles. The molecule has 1 aliphatic carbocycles. The van der Waals surface area contributed by atoms with Crippen LogP contribution in [-0.4, -0.2) is 14.1 Å². The fraction of sp³-hybridized carbons (Fsp3) is 0.0769. The second-order valence-corrected chi connectivity index (χ2v) is 7.18. The van der Waals surface area contributed by atoms with Crippen LogP contribution in [0.15, 0.2) is 78.4 Å². The van der Waals surface area contributed by atoms with Crippen LogP contribution in [0.25, 0.3) is 28.0 Å². The van der Waals surface area contributed by atoms with E-state index in [4.69, 9.17) is 0 Å². The SMILES string of the molecule is CN(C)c1ccc(/C=C/C2=CC(=C(C#N)C#N)c3cc4ccccc4cc32)cc1. The van der Waals surface area contributed by atoms with Crippen molar-refractivity contribution in [3.63, 3.8) is 0 Å². The number of fused-ring (bicyclic) bond motifs is 2. The highest BCUT2D eigenvalue weighted by molar-refractivity contribution is 6.06. The van der Waals surface area contributed by atoms with Crippen molar-refractivity contribution >= 4 is 33.7 Å². The largest absolute Gasteiger partial charge is 0.378 e. The van der Waals surface area contributed by atoms with E-state index in [1.807, 2.05) is 50.5 Å². The van der Waals surface area contributed by atoms with Gasteiger partial charge in [-0.3, -0.25) is 0 Å². The summed E-state index contributed by atoms with van der Waals surface area (Å²) in [5.74, 6) is 0. The summed E-state index contributed by atoms with van der Waals surface area (Å²) in [5.41, 5.74) is 6.06. The van der Waals surface area contributed by atoms with E-state index in [1.165, 1.54) is 0 Å². The molecule has 0 bridgehead atoms. The molecule has 3 nitrogen and oxygen atoms in total. The van der Waals surface area contributed by atoms with Crippen molar-refractivity contribution in [3.05, 3.63) is 95.1 Å². The molecule has 0 spiro atoms. The van der Waals surface area contributed by atoms with Gasteiger partial charge in [-0.25, -0.2) is 0 Å². The summed E-state index contributed by atoms with van der Waals surface area (Å²) >= 11 is 0. The molecule has 3 heteroatoms. The van der Waals surface area contributed by atoms with Gasteiger partial charge in [-0.2, -0.15) is 10.5 Å². The molecule has 4 rings (SSSR count). The summed E-state index contributed by atoms with van der Waals surface area (Å²) in [7, 11) is 4.04. The monoisotopic (exact) mass is 373 g/mol. The van der Waals surface area contributed by atoms with E-state index in [9.17, 15) is 10.5 Å². The molecule has 0 N–H and O–H groups in total. The lowest BCUT2D eigenvalue weighted by Gasteiger charge is -2.11. The molecular formula is C26H19N3. The summed E-state index contributed by atoms with van der Waals surface area (Å²) in [6.07, 6.45) is 6.05. The van der Waals surface area contributed by atoms with E-state index in [2.05, 4.69) is 59.5 Å². The average molecular weight is 373 g/mol. The Morgan fingerprint density at radius 3 is 2.03 bits per heavy atom. The zero-order valence-electron chi connectivity index (χ0n) is 16.3. The van der Waals surface area contributed by atoms with E-state index in [0.29, 0.717) is 5.57 Å². The summed E-state index contributed by atoms with van der Waals surface area (Å²) in [6.45, 7) is 0. The van der Waals surface area contributed by atoms with E-state index >= 15 is 0 Å². The van der Waals surface area contributed by atoms with Gasteiger partial charge in [0.15, 0.2) is 0 Å². The normalized spacial score (nSPS) is 12.4. The summed E-state index contributed by atoms with van der Waals surface area (Å²) in [6, 6.07) is 24.7. The van der Waals surface area contributed by atoms with E-state index < -0.39 is 0 Å². The first-order valence-electron chi connectivity index (χ1n) is 9.36. The Kier molecular flexibility index (Phi) is 4.73. The second-order valence-electron chi connectivity index (χ2n) is 7.18. The van der Waals surface area contributed by atoms with Crippen LogP contribution in [0, 0.1) is 22.7 Å². The van der Waals surface area contributed by atoms with Gasteiger partial charge in [0.1, 0.15) is 17.7 Å². The minimum atomic E-state index is 0.139. The summed E-state index contributed by atoms with van der Waals surface area (Å²) < 4.78 is 0. The number of benzene rings is 3. The van der Waals surface area contributed by atoms with E-state index in [-0.39, 0.29) is 5.57 Å². The summed E-state index contributed by atoms with van der Waals surface area (Å²) in [4.78, 5) is 2.07. The van der Waals surface area contributed by atoms with Crippen molar-refractivity contribution in [1.82, 2.24) is 0 Å². The molecule has 3 aromatic carbocycles. The van der Waals surface area contributed by atoms with Crippen LogP contribution in [0.3, 0.4) is 0 Å². The topological polar surface area (TPSA) is 50.8 Å². The zero-order chi connectivity index (χ0) is 20.4. The molecular weight excluding hydrogens is 354 g/mol. The molecule has 0 atom stereocenters. The predicted molar refractivity (Wildman–Crippen MR) is 120 cm³/mol. The number of rotatable bonds is 3. The van der Waals surface area contributed by atoms with Gasteiger partial charge in [-0.05, 0) is 63.4 Å². The molecule has 1 aliphatic rings. The van der Waals surface area contributed by atoms with Gasteiger partial charge >= 0.3 is 0 Å². The number of nitrogens with zero attached hydrogens (tertiary/aromatic N) is 3. The lowest BCUT2D eigenvalue weighted by Crippen LogP contribution is -2.07. The second kappa shape index (κ2) is 7.50. The molecule has 0 saturated heterocycles. The van der Waals surface area contributed by atoms with Crippen molar-refractivity contribution in [1.29, 1.82) is 10.5 Å². The van der Waals surface area contributed by atoms with Gasteiger partial charge in [-0.1, -0.05) is 48.6 Å². The minimum absolute atomic E-state index is 0.139. The van der Waals surface area contributed by atoms with Crippen LogP contribution in [0.4, 0.5) is 5.69 Å². The Morgan fingerprint density at radius 1 is 0.828 bits per heavy atom. The van der Waals surface area contributed by atoms with E-state index in [1.54, 1.807) is 0 Å². The average Bonchev–Trinajstić information content (AvgIpc) is 3.09. The van der Waals surface area contributed by atoms with Gasteiger partial charge in [-0.15, -0.1) is 0 Å². The fourth-order valence-electron chi connectivity index (χ4n) is 3.57. The Labute approximate surface area is 170 Å². The first kappa shape index (κ1) is 18.3. The van der Waals surface area contributed by atoms with Gasteiger partial charge in [0, 0.05) is 25.4 Å². The van der Waals surface area contributed by atoms with Crippen LogP contribution < -0.4 is 4.90 Å². The molecule has 0 saturated carbocycles. The number of hydrogen-bond acceptors (Lipinski definition) is 3. The van der Waals surface area contributed by atoms with Gasteiger partial charge in [0.25, 0.3) is 0 Å². The Balaban J connectivity index is 1.81. The lowest BCUT2D eigenvalue weighted by molar-refractivity contribution is 1.13. The molecule has 0 fully saturated rings. The first-order chi connectivity index (χ1) is 14.1. The maximum absolute atomic E-state index is 9.41. The molecule has 0 unspecified atom stereocenters. The maximum atomic E-state index is 9.41. The Hall–Kier alpha value is -4.08. The van der Waals surface area contributed by atoms with Crippen LogP contribution in [0.1, 0.15) is 16.7 Å². The number of allylic oxidation sites excluding steroid dienone is 5. The van der Waals surface area contributed by atoms with Gasteiger partial charge < -0.3 is 4.90 Å². The van der Waals surface area contributed by atoms with E-state index in [0.717, 1.165) is 38.7 Å². The van der Waals surface area contributed by atoms with Crippen LogP contribution in [0.2, 0.25) is 0 Å². The number of anilines is 1. The van der Waals surface area contributed by atoms with Crippen molar-refractivity contribution in [2.45, 2.75) is 0 Å². The van der Waals surface area contributed by atoms with Crippen LogP contribution >= 0.6 is 0 Å². The fourth-order valence-corrected chi connectivity index (χ4v) is 3.57. The molecule has 138 valence electrons. The third-order valence-electron chi connectivity index (χ3n) is 5.14. The Bertz CT molecular complexity index is 1260. The molecule has 3 aromatic rings. The van der Waals surface area contributed by atoms with Crippen LogP contribution in [0.5, 0.6) is 0 Å². The highest BCUT2D eigenvalue weighted by Gasteiger charge is 2.21. The van der Waals surface area contributed by atoms with Gasteiger partial charge in [0.2, 0.25) is 0 Å². The lowest BCUT2D eigenvalue weighted by atomic mass is 9.96. The van der Waals surface area contributed by atoms with Gasteiger partial charge in [0.05, 0.1) is 0 Å². The maximum Gasteiger partial charge on any atom is 0.137 e. The minimum Gasteiger partial charge on any atom is -0.378 e. The smallest absolute Gasteiger partial charge is 0.137 e. The highest BCUT2D eigenvalue weighted by Crippen LogP contribution is 2.40.